The van der Waals surface area contributed by atoms with Crippen LogP contribution in [0.5, 0.6) is 0 Å². The molecular weight excluding hydrogens is 739 g/mol. The van der Waals surface area contributed by atoms with E-state index in [9.17, 15) is 0 Å². The molecule has 12 rings (SSSR count). The van der Waals surface area contributed by atoms with E-state index in [1.54, 1.807) is 11.3 Å². The minimum absolute atomic E-state index is 0.685. The van der Waals surface area contributed by atoms with Crippen molar-refractivity contribution >= 4 is 65.2 Å². The SMILES string of the molecule is c1ccc(-c2cc(-n3c4ccccc4c4cccc(-c5ccc6c(c5)c5ccc7nc(-c8ccccc8)sc7c5n6-c5ccccc5)c43)nc(-c3ccccc3)n2)cc1. The normalized spacial score (nSPS) is 11.7. The zero-order chi connectivity index (χ0) is 38.9. The number of para-hydroxylation sites is 3. The van der Waals surface area contributed by atoms with Crippen molar-refractivity contribution in [3.63, 3.8) is 0 Å². The van der Waals surface area contributed by atoms with E-state index in [2.05, 4.69) is 185 Å². The first-order valence-electron chi connectivity index (χ1n) is 19.8. The van der Waals surface area contributed by atoms with Gasteiger partial charge >= 0.3 is 0 Å². The van der Waals surface area contributed by atoms with Crippen LogP contribution in [0.2, 0.25) is 0 Å². The number of rotatable bonds is 6. The molecule has 0 bridgehead atoms. The summed E-state index contributed by atoms with van der Waals surface area (Å²) in [6.07, 6.45) is 0. The first kappa shape index (κ1) is 33.5. The quantitative estimate of drug-likeness (QED) is 0.169. The van der Waals surface area contributed by atoms with Gasteiger partial charge < -0.3 is 4.57 Å². The predicted octanol–water partition coefficient (Wildman–Crippen LogP) is 13.9. The number of benzene rings is 8. The highest BCUT2D eigenvalue weighted by atomic mass is 32.1. The van der Waals surface area contributed by atoms with Gasteiger partial charge in [-0.15, -0.1) is 11.3 Å². The molecule has 12 aromatic rings. The highest BCUT2D eigenvalue weighted by Gasteiger charge is 2.22. The molecule has 0 atom stereocenters. The van der Waals surface area contributed by atoms with Crippen molar-refractivity contribution in [2.24, 2.45) is 0 Å². The van der Waals surface area contributed by atoms with E-state index in [4.69, 9.17) is 15.0 Å². The van der Waals surface area contributed by atoms with Gasteiger partial charge in [-0.2, -0.15) is 0 Å². The molecule has 4 aromatic heterocycles. The molecule has 0 aliphatic heterocycles. The zero-order valence-corrected chi connectivity index (χ0v) is 32.5. The van der Waals surface area contributed by atoms with Gasteiger partial charge in [-0.3, -0.25) is 4.57 Å². The van der Waals surface area contributed by atoms with Crippen molar-refractivity contribution in [2.45, 2.75) is 0 Å². The number of aromatic nitrogens is 5. The van der Waals surface area contributed by atoms with Gasteiger partial charge in [0.2, 0.25) is 0 Å². The van der Waals surface area contributed by atoms with Gasteiger partial charge in [-0.1, -0.05) is 152 Å². The lowest BCUT2D eigenvalue weighted by Crippen LogP contribution is -2.03. The maximum absolute atomic E-state index is 5.33. The molecule has 0 amide bonds. The highest BCUT2D eigenvalue weighted by Crippen LogP contribution is 2.44. The summed E-state index contributed by atoms with van der Waals surface area (Å²) in [4.78, 5) is 15.6. The third-order valence-electron chi connectivity index (χ3n) is 11.4. The minimum atomic E-state index is 0.685. The van der Waals surface area contributed by atoms with Crippen LogP contribution in [0, 0.1) is 0 Å². The molecule has 0 spiro atoms. The van der Waals surface area contributed by atoms with Crippen LogP contribution in [0.4, 0.5) is 0 Å². The Morgan fingerprint density at radius 1 is 0.390 bits per heavy atom. The van der Waals surface area contributed by atoms with Gasteiger partial charge in [0.25, 0.3) is 0 Å². The summed E-state index contributed by atoms with van der Waals surface area (Å²) in [5, 5.41) is 5.76. The Labute approximate surface area is 343 Å². The smallest absolute Gasteiger partial charge is 0.162 e. The van der Waals surface area contributed by atoms with Crippen molar-refractivity contribution in [3.05, 3.63) is 200 Å². The van der Waals surface area contributed by atoms with Gasteiger partial charge in [0.05, 0.1) is 38.0 Å². The molecule has 6 heteroatoms. The number of hydrogen-bond donors (Lipinski definition) is 0. The molecule has 276 valence electrons. The monoisotopic (exact) mass is 771 g/mol. The van der Waals surface area contributed by atoms with Crippen LogP contribution in [0.15, 0.2) is 200 Å². The van der Waals surface area contributed by atoms with Crippen LogP contribution >= 0.6 is 11.3 Å². The second kappa shape index (κ2) is 13.5. The summed E-state index contributed by atoms with van der Waals surface area (Å²) >= 11 is 1.76. The van der Waals surface area contributed by atoms with Gasteiger partial charge in [0.1, 0.15) is 10.8 Å². The summed E-state index contributed by atoms with van der Waals surface area (Å²) in [5.41, 5.74) is 12.9. The van der Waals surface area contributed by atoms with Gasteiger partial charge in [-0.05, 0) is 48.0 Å². The van der Waals surface area contributed by atoms with Crippen LogP contribution in [-0.2, 0) is 0 Å². The van der Waals surface area contributed by atoms with Crippen LogP contribution < -0.4 is 0 Å². The van der Waals surface area contributed by atoms with E-state index in [0.29, 0.717) is 5.82 Å². The Hall–Kier alpha value is -7.67. The van der Waals surface area contributed by atoms with Crippen LogP contribution in [0.3, 0.4) is 0 Å². The highest BCUT2D eigenvalue weighted by molar-refractivity contribution is 7.22. The van der Waals surface area contributed by atoms with Crippen molar-refractivity contribution in [1.29, 1.82) is 0 Å². The number of fused-ring (bicyclic) bond motifs is 8. The fourth-order valence-corrected chi connectivity index (χ4v) is 9.82. The van der Waals surface area contributed by atoms with E-state index in [1.165, 1.54) is 31.8 Å². The van der Waals surface area contributed by atoms with Gasteiger partial charge in [0.15, 0.2) is 5.82 Å². The molecule has 0 radical (unpaired) electrons. The van der Waals surface area contributed by atoms with E-state index in [0.717, 1.165) is 72.1 Å². The summed E-state index contributed by atoms with van der Waals surface area (Å²) in [6, 6.07) is 70.7. The minimum Gasteiger partial charge on any atom is -0.308 e. The van der Waals surface area contributed by atoms with E-state index in [-0.39, 0.29) is 0 Å². The molecule has 0 saturated heterocycles. The third-order valence-corrected chi connectivity index (χ3v) is 12.5. The molecule has 0 N–H and O–H groups in total. The Bertz CT molecular complexity index is 3480. The number of thiazole rings is 1. The molecular formula is C53H33N5S. The first-order valence-corrected chi connectivity index (χ1v) is 20.6. The van der Waals surface area contributed by atoms with Gasteiger partial charge in [0, 0.05) is 55.6 Å². The lowest BCUT2D eigenvalue weighted by atomic mass is 10.00. The molecule has 0 unspecified atom stereocenters. The lowest BCUT2D eigenvalue weighted by molar-refractivity contribution is 1.05. The maximum Gasteiger partial charge on any atom is 0.162 e. The summed E-state index contributed by atoms with van der Waals surface area (Å²) in [6.45, 7) is 0. The Kier molecular flexibility index (Phi) is 7.64. The standard InChI is InChI=1S/C53H33N5S/c1-5-16-34(17-6-1)45-33-48(56-52(54-45)35-18-7-2-8-19-35)58-46-27-14-13-24-40(46)41-26-15-25-39(49(41)58)37-28-31-47-43(32-37)42-29-30-44-51(50(42)57(47)38-22-11-4-12-23-38)59-53(55-44)36-20-9-3-10-21-36/h1-33H. The molecule has 4 heterocycles. The number of hydrogen-bond acceptors (Lipinski definition) is 4. The van der Waals surface area contributed by atoms with Crippen LogP contribution in [-0.4, -0.2) is 24.1 Å². The molecule has 0 aliphatic carbocycles. The van der Waals surface area contributed by atoms with Crippen molar-refractivity contribution in [2.75, 3.05) is 0 Å². The maximum atomic E-state index is 5.33. The van der Waals surface area contributed by atoms with Crippen molar-refractivity contribution in [1.82, 2.24) is 24.1 Å². The molecule has 8 aromatic carbocycles. The van der Waals surface area contributed by atoms with Gasteiger partial charge in [-0.25, -0.2) is 15.0 Å². The average molecular weight is 772 g/mol. The Morgan fingerprint density at radius 2 is 1.03 bits per heavy atom. The fraction of sp³-hybridized carbons (Fsp3) is 0. The second-order valence-corrected chi connectivity index (χ2v) is 15.8. The predicted molar refractivity (Wildman–Crippen MR) is 246 cm³/mol. The summed E-state index contributed by atoms with van der Waals surface area (Å²) in [5.74, 6) is 1.50. The third kappa shape index (κ3) is 5.42. The van der Waals surface area contributed by atoms with Crippen LogP contribution in [0.1, 0.15) is 0 Å². The average Bonchev–Trinajstić information content (AvgIpc) is 4.00. The second-order valence-electron chi connectivity index (χ2n) is 14.8. The largest absolute Gasteiger partial charge is 0.308 e. The van der Waals surface area contributed by atoms with Crippen molar-refractivity contribution < 1.29 is 0 Å². The molecule has 0 fully saturated rings. The molecule has 59 heavy (non-hydrogen) atoms. The molecule has 0 saturated carbocycles. The summed E-state index contributed by atoms with van der Waals surface area (Å²) < 4.78 is 5.93. The van der Waals surface area contributed by atoms with Crippen LogP contribution in [0.25, 0.3) is 110 Å². The number of nitrogens with zero attached hydrogens (tertiary/aromatic N) is 5. The molecule has 5 nitrogen and oxygen atoms in total. The first-order chi connectivity index (χ1) is 29.3. The lowest BCUT2D eigenvalue weighted by Gasteiger charge is -2.14. The Balaban J connectivity index is 1.13. The Morgan fingerprint density at radius 3 is 1.81 bits per heavy atom. The topological polar surface area (TPSA) is 48.5 Å². The summed E-state index contributed by atoms with van der Waals surface area (Å²) in [7, 11) is 0. The van der Waals surface area contributed by atoms with E-state index < -0.39 is 0 Å². The van der Waals surface area contributed by atoms with Crippen molar-refractivity contribution in [3.8, 4) is 55.8 Å². The van der Waals surface area contributed by atoms with E-state index >= 15 is 0 Å². The zero-order valence-electron chi connectivity index (χ0n) is 31.7. The fourth-order valence-electron chi connectivity index (χ4n) is 8.71. The van der Waals surface area contributed by atoms with E-state index in [1.807, 2.05) is 24.3 Å². The molecule has 0 aliphatic rings.